The lowest BCUT2D eigenvalue weighted by Crippen LogP contribution is -2.34. The molecule has 6 nitrogen and oxygen atoms in total. The molecule has 34 heavy (non-hydrogen) atoms. The molecule has 6 heteroatoms. The third kappa shape index (κ3) is 7.79. The minimum absolute atomic E-state index is 0.0631. The highest BCUT2D eigenvalue weighted by Gasteiger charge is 2.13. The highest BCUT2D eigenvalue weighted by Crippen LogP contribution is 2.31. The summed E-state index contributed by atoms with van der Waals surface area (Å²) in [7, 11) is 0. The molecule has 2 aromatic carbocycles. The molecule has 0 aliphatic heterocycles. The molecule has 0 unspecified atom stereocenters. The molecule has 0 bridgehead atoms. The quantitative estimate of drug-likeness (QED) is 0.357. The molecule has 0 atom stereocenters. The van der Waals surface area contributed by atoms with Gasteiger partial charge in [-0.05, 0) is 71.9 Å². The number of aromatic hydroxyl groups is 2. The molecule has 0 aliphatic carbocycles. The Kier molecular flexibility index (Phi) is 9.97. The number of nitrogens with one attached hydrogen (secondary N) is 2. The fraction of sp³-hybridized carbons (Fsp3) is 0.500. The molecule has 0 spiro atoms. The van der Waals surface area contributed by atoms with Crippen molar-refractivity contribution >= 4 is 11.8 Å². The van der Waals surface area contributed by atoms with Crippen molar-refractivity contribution in [2.45, 2.75) is 79.1 Å². The minimum atomic E-state index is -0.0631. The summed E-state index contributed by atoms with van der Waals surface area (Å²) in [5.74, 6) is 0.969. The van der Waals surface area contributed by atoms with Crippen molar-refractivity contribution in [3.63, 3.8) is 0 Å². The van der Waals surface area contributed by atoms with Crippen molar-refractivity contribution in [2.24, 2.45) is 0 Å². The smallest absolute Gasteiger partial charge is 0.220 e. The zero-order valence-electron chi connectivity index (χ0n) is 21.4. The molecule has 0 radical (unpaired) electrons. The van der Waals surface area contributed by atoms with Gasteiger partial charge in [-0.3, -0.25) is 9.59 Å². The van der Waals surface area contributed by atoms with Gasteiger partial charge in [0.2, 0.25) is 11.8 Å². The number of phenolic OH excluding ortho intramolecular Hbond substituents is 2. The second-order valence-electron chi connectivity index (χ2n) is 9.71. The van der Waals surface area contributed by atoms with E-state index in [0.717, 1.165) is 33.4 Å². The number of carbonyl (C=O) groups is 2. The minimum Gasteiger partial charge on any atom is -0.507 e. The van der Waals surface area contributed by atoms with Gasteiger partial charge in [-0.15, -0.1) is 0 Å². The number of amides is 2. The summed E-state index contributed by atoms with van der Waals surface area (Å²) in [6, 6.07) is 7.79. The van der Waals surface area contributed by atoms with Crippen LogP contribution in [-0.2, 0) is 22.4 Å². The third-order valence-corrected chi connectivity index (χ3v) is 6.07. The van der Waals surface area contributed by atoms with Crippen molar-refractivity contribution in [2.75, 3.05) is 13.1 Å². The highest BCUT2D eigenvalue weighted by atomic mass is 16.3. The van der Waals surface area contributed by atoms with Crippen LogP contribution in [0.2, 0.25) is 0 Å². The summed E-state index contributed by atoms with van der Waals surface area (Å²) in [5.41, 5.74) is 5.53. The molecule has 0 saturated carbocycles. The Hall–Kier alpha value is -3.02. The average molecular weight is 469 g/mol. The second kappa shape index (κ2) is 12.4. The van der Waals surface area contributed by atoms with Gasteiger partial charge in [-0.2, -0.15) is 0 Å². The van der Waals surface area contributed by atoms with E-state index in [4.69, 9.17) is 0 Å². The zero-order chi connectivity index (χ0) is 25.4. The van der Waals surface area contributed by atoms with Crippen LogP contribution in [0.3, 0.4) is 0 Å². The number of carbonyl (C=O) groups excluding carboxylic acids is 2. The van der Waals surface area contributed by atoms with Gasteiger partial charge < -0.3 is 20.8 Å². The number of aryl methyl sites for hydroxylation is 4. The van der Waals surface area contributed by atoms with Gasteiger partial charge in [0, 0.05) is 25.9 Å². The predicted molar refractivity (Wildman–Crippen MR) is 137 cm³/mol. The summed E-state index contributed by atoms with van der Waals surface area (Å²) < 4.78 is 0. The Morgan fingerprint density at radius 1 is 0.706 bits per heavy atom. The monoisotopic (exact) mass is 468 g/mol. The van der Waals surface area contributed by atoms with Crippen LogP contribution in [0.5, 0.6) is 11.5 Å². The van der Waals surface area contributed by atoms with Crippen LogP contribution in [-0.4, -0.2) is 35.1 Å². The van der Waals surface area contributed by atoms with Gasteiger partial charge in [-0.25, -0.2) is 0 Å². The zero-order valence-corrected chi connectivity index (χ0v) is 21.4. The highest BCUT2D eigenvalue weighted by molar-refractivity contribution is 5.77. The molecular weight excluding hydrogens is 428 g/mol. The van der Waals surface area contributed by atoms with Crippen LogP contribution >= 0.6 is 0 Å². The van der Waals surface area contributed by atoms with Crippen LogP contribution in [0.4, 0.5) is 0 Å². The van der Waals surface area contributed by atoms with Gasteiger partial charge in [0.25, 0.3) is 0 Å². The van der Waals surface area contributed by atoms with E-state index in [2.05, 4.69) is 10.6 Å². The standard InChI is InChI=1S/C28H40N2O4/c1-17(2)23-15-21(13-19(5)27(23)33)7-9-25(31)29-11-12-30-26(32)10-8-22-14-20(6)28(34)24(16-22)18(3)4/h13-18,33-34H,7-12H2,1-6H3,(H,29,31)(H,30,32). The molecule has 4 N–H and O–H groups in total. The number of rotatable bonds is 11. The first-order valence-electron chi connectivity index (χ1n) is 12.2. The number of benzene rings is 2. The first-order chi connectivity index (χ1) is 16.0. The Morgan fingerprint density at radius 2 is 1.06 bits per heavy atom. The maximum atomic E-state index is 12.2. The van der Waals surface area contributed by atoms with E-state index < -0.39 is 0 Å². The number of hydrogen-bond donors (Lipinski definition) is 4. The van der Waals surface area contributed by atoms with Crippen LogP contribution in [0, 0.1) is 13.8 Å². The molecule has 0 heterocycles. The van der Waals surface area contributed by atoms with E-state index in [0.29, 0.717) is 50.3 Å². The van der Waals surface area contributed by atoms with Crippen LogP contribution in [0.25, 0.3) is 0 Å². The molecule has 0 saturated heterocycles. The molecule has 2 rings (SSSR count). The van der Waals surface area contributed by atoms with Crippen molar-refractivity contribution in [3.05, 3.63) is 57.6 Å². The van der Waals surface area contributed by atoms with Gasteiger partial charge in [0.1, 0.15) is 11.5 Å². The normalized spacial score (nSPS) is 11.2. The number of phenols is 2. The summed E-state index contributed by atoms with van der Waals surface area (Å²) in [4.78, 5) is 24.4. The van der Waals surface area contributed by atoms with Crippen LogP contribution in [0.1, 0.15) is 85.8 Å². The molecule has 0 fully saturated rings. The third-order valence-electron chi connectivity index (χ3n) is 6.07. The Balaban J connectivity index is 1.72. The fourth-order valence-electron chi connectivity index (χ4n) is 4.03. The van der Waals surface area contributed by atoms with E-state index >= 15 is 0 Å². The lowest BCUT2D eigenvalue weighted by atomic mass is 9.95. The second-order valence-corrected chi connectivity index (χ2v) is 9.71. The maximum absolute atomic E-state index is 12.2. The first kappa shape index (κ1) is 27.2. The largest absolute Gasteiger partial charge is 0.507 e. The molecule has 2 aromatic rings. The van der Waals surface area contributed by atoms with Crippen molar-refractivity contribution in [1.29, 1.82) is 0 Å². The first-order valence-corrected chi connectivity index (χ1v) is 12.2. The van der Waals surface area contributed by atoms with E-state index in [9.17, 15) is 19.8 Å². The van der Waals surface area contributed by atoms with Crippen molar-refractivity contribution in [1.82, 2.24) is 10.6 Å². The molecule has 0 aliphatic rings. The topological polar surface area (TPSA) is 98.7 Å². The Morgan fingerprint density at radius 3 is 1.38 bits per heavy atom. The van der Waals surface area contributed by atoms with Crippen LogP contribution in [0.15, 0.2) is 24.3 Å². The van der Waals surface area contributed by atoms with Crippen molar-refractivity contribution in [3.8, 4) is 11.5 Å². The summed E-state index contributed by atoms with van der Waals surface area (Å²) in [5, 5.41) is 26.1. The van der Waals surface area contributed by atoms with Crippen LogP contribution < -0.4 is 10.6 Å². The molecular formula is C28H40N2O4. The molecule has 0 aromatic heterocycles. The SMILES string of the molecule is Cc1cc(CCC(=O)NCCNC(=O)CCc2cc(C)c(O)c(C(C)C)c2)cc(C(C)C)c1O. The summed E-state index contributed by atoms with van der Waals surface area (Å²) in [6.45, 7) is 12.7. The summed E-state index contributed by atoms with van der Waals surface area (Å²) in [6.07, 6.45) is 1.91. The van der Waals surface area contributed by atoms with Gasteiger partial charge in [0.05, 0.1) is 0 Å². The molecule has 186 valence electrons. The van der Waals surface area contributed by atoms with Gasteiger partial charge >= 0.3 is 0 Å². The lowest BCUT2D eigenvalue weighted by molar-refractivity contribution is -0.122. The van der Waals surface area contributed by atoms with E-state index in [1.54, 1.807) is 0 Å². The van der Waals surface area contributed by atoms with Crippen molar-refractivity contribution < 1.29 is 19.8 Å². The fourth-order valence-corrected chi connectivity index (χ4v) is 4.03. The van der Waals surface area contributed by atoms with Gasteiger partial charge in [-0.1, -0.05) is 52.0 Å². The van der Waals surface area contributed by atoms with E-state index in [1.807, 2.05) is 65.8 Å². The van der Waals surface area contributed by atoms with E-state index in [1.165, 1.54) is 0 Å². The Labute approximate surface area is 203 Å². The predicted octanol–water partition coefficient (Wildman–Crippen LogP) is 4.76. The molecule has 2 amide bonds. The lowest BCUT2D eigenvalue weighted by Gasteiger charge is -2.14. The van der Waals surface area contributed by atoms with E-state index in [-0.39, 0.29) is 23.7 Å². The Bertz CT molecular complexity index is 930. The summed E-state index contributed by atoms with van der Waals surface area (Å²) >= 11 is 0. The maximum Gasteiger partial charge on any atom is 0.220 e. The number of hydrogen-bond acceptors (Lipinski definition) is 4. The average Bonchev–Trinajstić information content (AvgIpc) is 2.77. The van der Waals surface area contributed by atoms with Gasteiger partial charge in [0.15, 0.2) is 0 Å².